The molecule has 0 spiro atoms. The molecule has 0 radical (unpaired) electrons. The first kappa shape index (κ1) is 19.3. The number of carbonyl (C=O) groups excluding carboxylic acids is 2. The highest BCUT2D eigenvalue weighted by Crippen LogP contribution is 2.19. The van der Waals surface area contributed by atoms with Gasteiger partial charge in [0.1, 0.15) is 11.5 Å². The highest BCUT2D eigenvalue weighted by Gasteiger charge is 2.12. The van der Waals surface area contributed by atoms with Gasteiger partial charge >= 0.3 is 0 Å². The topological polar surface area (TPSA) is 67.9 Å². The van der Waals surface area contributed by atoms with Crippen molar-refractivity contribution in [3.8, 4) is 11.5 Å². The average molecular weight is 356 g/mol. The molecule has 0 bridgehead atoms. The standard InChI is InChI=1S/C20H24N2O4/c1-16(23)22(17-8-10-18(25-2)11-9-17)14-13-21-20(24)12-15-26-19-6-4-3-5-7-19/h3-11H,12-15H2,1-2H3,(H,21,24). The molecule has 0 heterocycles. The van der Waals surface area contributed by atoms with Crippen LogP contribution in [0.1, 0.15) is 13.3 Å². The van der Waals surface area contributed by atoms with Crippen molar-refractivity contribution in [2.24, 2.45) is 0 Å². The van der Waals surface area contributed by atoms with Gasteiger partial charge in [-0.25, -0.2) is 0 Å². The summed E-state index contributed by atoms with van der Waals surface area (Å²) in [7, 11) is 1.59. The van der Waals surface area contributed by atoms with Crippen molar-refractivity contribution in [2.75, 3.05) is 31.7 Å². The zero-order valence-corrected chi connectivity index (χ0v) is 15.1. The van der Waals surface area contributed by atoms with Gasteiger partial charge in [-0.3, -0.25) is 9.59 Å². The molecule has 2 rings (SSSR count). The van der Waals surface area contributed by atoms with Crippen LogP contribution in [0.15, 0.2) is 54.6 Å². The van der Waals surface area contributed by atoms with E-state index in [0.29, 0.717) is 19.7 Å². The molecule has 138 valence electrons. The molecule has 2 aromatic carbocycles. The van der Waals surface area contributed by atoms with Gasteiger partial charge in [0.2, 0.25) is 11.8 Å². The summed E-state index contributed by atoms with van der Waals surface area (Å²) >= 11 is 0. The smallest absolute Gasteiger partial charge is 0.223 e. The molecular formula is C20H24N2O4. The predicted molar refractivity (Wildman–Crippen MR) is 101 cm³/mol. The van der Waals surface area contributed by atoms with Crippen molar-refractivity contribution in [3.63, 3.8) is 0 Å². The molecule has 0 saturated carbocycles. The van der Waals surface area contributed by atoms with Crippen molar-refractivity contribution in [1.82, 2.24) is 5.32 Å². The van der Waals surface area contributed by atoms with Crippen LogP contribution in [-0.2, 0) is 9.59 Å². The number of para-hydroxylation sites is 1. The normalized spacial score (nSPS) is 10.1. The molecule has 0 aliphatic heterocycles. The fourth-order valence-electron chi connectivity index (χ4n) is 2.40. The van der Waals surface area contributed by atoms with Crippen molar-refractivity contribution < 1.29 is 19.1 Å². The summed E-state index contributed by atoms with van der Waals surface area (Å²) in [6.07, 6.45) is 0.261. The Kier molecular flexibility index (Phi) is 7.49. The maximum absolute atomic E-state index is 11.9. The number of methoxy groups -OCH3 is 1. The first-order chi connectivity index (χ1) is 12.6. The molecule has 0 atom stereocenters. The maximum atomic E-state index is 11.9. The molecule has 0 saturated heterocycles. The Bertz CT molecular complexity index is 702. The summed E-state index contributed by atoms with van der Waals surface area (Å²) in [5.41, 5.74) is 0.764. The van der Waals surface area contributed by atoms with E-state index in [-0.39, 0.29) is 18.2 Å². The Balaban J connectivity index is 1.74. The quantitative estimate of drug-likeness (QED) is 0.750. The lowest BCUT2D eigenvalue weighted by atomic mass is 10.2. The highest BCUT2D eigenvalue weighted by molar-refractivity contribution is 5.91. The van der Waals surface area contributed by atoms with Gasteiger partial charge in [0.25, 0.3) is 0 Å². The van der Waals surface area contributed by atoms with Crippen LogP contribution in [0.5, 0.6) is 11.5 Å². The number of hydrogen-bond donors (Lipinski definition) is 1. The van der Waals surface area contributed by atoms with Crippen molar-refractivity contribution in [3.05, 3.63) is 54.6 Å². The van der Waals surface area contributed by atoms with Crippen LogP contribution < -0.4 is 19.7 Å². The molecule has 26 heavy (non-hydrogen) atoms. The van der Waals surface area contributed by atoms with Gasteiger partial charge in [-0.2, -0.15) is 0 Å². The van der Waals surface area contributed by atoms with E-state index in [0.717, 1.165) is 17.2 Å². The zero-order valence-electron chi connectivity index (χ0n) is 15.1. The molecule has 6 nitrogen and oxygen atoms in total. The molecule has 1 N–H and O–H groups in total. The lowest BCUT2D eigenvalue weighted by Crippen LogP contribution is -2.37. The Morgan fingerprint density at radius 2 is 1.69 bits per heavy atom. The SMILES string of the molecule is COc1ccc(N(CCNC(=O)CCOc2ccccc2)C(C)=O)cc1. The minimum atomic E-state index is -0.112. The first-order valence-electron chi connectivity index (χ1n) is 8.47. The fraction of sp³-hybridized carbons (Fsp3) is 0.300. The number of nitrogens with one attached hydrogen (secondary N) is 1. The first-order valence-corrected chi connectivity index (χ1v) is 8.47. The molecule has 0 aromatic heterocycles. The van der Waals surface area contributed by atoms with Crippen molar-refractivity contribution in [1.29, 1.82) is 0 Å². The summed E-state index contributed by atoms with van der Waals surface area (Å²) in [4.78, 5) is 25.4. The summed E-state index contributed by atoms with van der Waals surface area (Å²) in [5, 5.41) is 2.81. The molecule has 2 aromatic rings. The van der Waals surface area contributed by atoms with E-state index < -0.39 is 0 Å². The third-order valence-corrected chi connectivity index (χ3v) is 3.76. The van der Waals surface area contributed by atoms with Gasteiger partial charge in [0.15, 0.2) is 0 Å². The molecule has 6 heteroatoms. The van der Waals surface area contributed by atoms with Crippen LogP contribution in [0.3, 0.4) is 0 Å². The molecule has 0 aliphatic carbocycles. The molecule has 0 unspecified atom stereocenters. The third-order valence-electron chi connectivity index (χ3n) is 3.76. The number of nitrogens with zero attached hydrogens (tertiary/aromatic N) is 1. The summed E-state index contributed by atoms with van der Waals surface area (Å²) < 4.78 is 10.6. The number of benzene rings is 2. The molecule has 2 amide bonds. The largest absolute Gasteiger partial charge is 0.497 e. The molecular weight excluding hydrogens is 332 g/mol. The molecule has 0 fully saturated rings. The van der Waals surface area contributed by atoms with Crippen LogP contribution >= 0.6 is 0 Å². The number of ether oxygens (including phenoxy) is 2. The van der Waals surface area contributed by atoms with E-state index in [2.05, 4.69) is 5.32 Å². The Morgan fingerprint density at radius 1 is 1.00 bits per heavy atom. The highest BCUT2D eigenvalue weighted by atomic mass is 16.5. The monoisotopic (exact) mass is 356 g/mol. The average Bonchev–Trinajstić information content (AvgIpc) is 2.66. The van der Waals surface area contributed by atoms with Gasteiger partial charge < -0.3 is 19.7 Å². The lowest BCUT2D eigenvalue weighted by molar-refractivity contribution is -0.122. The predicted octanol–water partition coefficient (Wildman–Crippen LogP) is 2.63. The number of amides is 2. The number of anilines is 1. The third kappa shape index (κ3) is 6.12. The minimum Gasteiger partial charge on any atom is -0.497 e. The van der Waals surface area contributed by atoms with Gasteiger partial charge in [-0.15, -0.1) is 0 Å². The van der Waals surface area contributed by atoms with Crippen LogP contribution in [0.25, 0.3) is 0 Å². The summed E-state index contributed by atoms with van der Waals surface area (Å²) in [6.45, 7) is 2.58. The lowest BCUT2D eigenvalue weighted by Gasteiger charge is -2.21. The zero-order chi connectivity index (χ0) is 18.8. The van der Waals surface area contributed by atoms with Crippen LogP contribution in [0.4, 0.5) is 5.69 Å². The number of rotatable bonds is 9. The van der Waals surface area contributed by atoms with Gasteiger partial charge in [-0.1, -0.05) is 18.2 Å². The number of carbonyl (C=O) groups is 2. The second kappa shape index (κ2) is 10.1. The Hall–Kier alpha value is -3.02. The van der Waals surface area contributed by atoms with Crippen LogP contribution in [0, 0.1) is 0 Å². The number of hydrogen-bond acceptors (Lipinski definition) is 4. The molecule has 0 aliphatic rings. The van der Waals surface area contributed by atoms with Crippen LogP contribution in [0.2, 0.25) is 0 Å². The summed E-state index contributed by atoms with van der Waals surface area (Å²) in [6, 6.07) is 16.6. The summed E-state index contributed by atoms with van der Waals surface area (Å²) in [5.74, 6) is 1.27. The van der Waals surface area contributed by atoms with Crippen molar-refractivity contribution in [2.45, 2.75) is 13.3 Å². The second-order valence-corrected chi connectivity index (χ2v) is 5.63. The minimum absolute atomic E-state index is 0.0863. The van der Waals surface area contributed by atoms with Gasteiger partial charge in [0.05, 0.1) is 20.1 Å². The second-order valence-electron chi connectivity index (χ2n) is 5.63. The Morgan fingerprint density at radius 3 is 2.31 bits per heavy atom. The maximum Gasteiger partial charge on any atom is 0.223 e. The fourth-order valence-corrected chi connectivity index (χ4v) is 2.40. The van der Waals surface area contributed by atoms with E-state index in [4.69, 9.17) is 9.47 Å². The van der Waals surface area contributed by atoms with Gasteiger partial charge in [0, 0.05) is 25.7 Å². The van der Waals surface area contributed by atoms with Crippen molar-refractivity contribution >= 4 is 17.5 Å². The van der Waals surface area contributed by atoms with E-state index in [1.54, 1.807) is 24.1 Å². The van der Waals surface area contributed by atoms with E-state index in [1.807, 2.05) is 42.5 Å². The van der Waals surface area contributed by atoms with Crippen LogP contribution in [-0.4, -0.2) is 38.6 Å². The Labute approximate surface area is 153 Å². The van der Waals surface area contributed by atoms with E-state index >= 15 is 0 Å². The van der Waals surface area contributed by atoms with E-state index in [1.165, 1.54) is 6.92 Å². The van der Waals surface area contributed by atoms with E-state index in [9.17, 15) is 9.59 Å². The van der Waals surface area contributed by atoms with Gasteiger partial charge in [-0.05, 0) is 36.4 Å².